The maximum Gasteiger partial charge on any atom is 0.258 e. The number of aromatic nitrogens is 1. The van der Waals surface area contributed by atoms with Crippen molar-refractivity contribution in [3.63, 3.8) is 0 Å². The molecule has 6 heteroatoms. The van der Waals surface area contributed by atoms with E-state index in [0.29, 0.717) is 21.8 Å². The molecule has 136 valence electrons. The summed E-state index contributed by atoms with van der Waals surface area (Å²) in [6, 6.07) is 16.1. The Morgan fingerprint density at radius 2 is 1.78 bits per heavy atom. The normalized spacial score (nSPS) is 10.4. The molecule has 3 rings (SSSR count). The topological polar surface area (TPSA) is 85.1 Å². The van der Waals surface area contributed by atoms with Crippen LogP contribution in [0.2, 0.25) is 0 Å². The third-order valence-electron chi connectivity index (χ3n) is 3.99. The summed E-state index contributed by atoms with van der Waals surface area (Å²) in [5.74, 6) is -0.768. The van der Waals surface area contributed by atoms with Gasteiger partial charge in [0.15, 0.2) is 0 Å². The molecule has 0 unspecified atom stereocenters. The highest BCUT2D eigenvalue weighted by Gasteiger charge is 2.15. The zero-order chi connectivity index (χ0) is 19.4. The molecule has 1 aromatic heterocycles. The van der Waals surface area contributed by atoms with E-state index < -0.39 is 5.91 Å². The van der Waals surface area contributed by atoms with Gasteiger partial charge in [0, 0.05) is 22.3 Å². The van der Waals surface area contributed by atoms with Crippen LogP contribution in [0.5, 0.6) is 0 Å². The minimum absolute atomic E-state index is 0.261. The number of nitrogens with one attached hydrogen (secondary N) is 1. The molecule has 0 saturated carbocycles. The highest BCUT2D eigenvalue weighted by molar-refractivity contribution is 7.99. The van der Waals surface area contributed by atoms with Gasteiger partial charge in [-0.2, -0.15) is 0 Å². The summed E-state index contributed by atoms with van der Waals surface area (Å²) in [5, 5.41) is 3.47. The molecule has 2 aromatic carbocycles. The number of carbonyl (C=O) groups excluding carboxylic acids is 2. The maximum atomic E-state index is 12.7. The SMILES string of the molecule is Cc1ccc(C)c(Sc2ncccc2C(=O)Nc2ccc(C(N)=O)cc2)c1. The van der Waals surface area contributed by atoms with Gasteiger partial charge in [-0.25, -0.2) is 4.98 Å². The van der Waals surface area contributed by atoms with Gasteiger partial charge in [-0.3, -0.25) is 9.59 Å². The molecule has 0 saturated heterocycles. The molecule has 0 radical (unpaired) electrons. The lowest BCUT2D eigenvalue weighted by Crippen LogP contribution is -2.14. The fourth-order valence-corrected chi connectivity index (χ4v) is 3.55. The first kappa shape index (κ1) is 18.7. The van der Waals surface area contributed by atoms with E-state index in [9.17, 15) is 9.59 Å². The van der Waals surface area contributed by atoms with Crippen LogP contribution in [0.15, 0.2) is 70.7 Å². The zero-order valence-electron chi connectivity index (χ0n) is 15.0. The number of hydrogen-bond acceptors (Lipinski definition) is 4. The molecule has 27 heavy (non-hydrogen) atoms. The Hall–Kier alpha value is -3.12. The highest BCUT2D eigenvalue weighted by atomic mass is 32.2. The van der Waals surface area contributed by atoms with E-state index in [1.165, 1.54) is 11.8 Å². The molecule has 0 aliphatic heterocycles. The number of benzene rings is 2. The summed E-state index contributed by atoms with van der Waals surface area (Å²) in [5.41, 5.74) is 8.97. The fourth-order valence-electron chi connectivity index (χ4n) is 2.48. The molecule has 0 fully saturated rings. The molecule has 0 bridgehead atoms. The van der Waals surface area contributed by atoms with Gasteiger partial charge in [0.2, 0.25) is 5.91 Å². The van der Waals surface area contributed by atoms with Crippen molar-refractivity contribution >= 4 is 29.3 Å². The zero-order valence-corrected chi connectivity index (χ0v) is 15.8. The quantitative estimate of drug-likeness (QED) is 0.698. The first-order chi connectivity index (χ1) is 12.9. The van der Waals surface area contributed by atoms with Crippen LogP contribution in [0.25, 0.3) is 0 Å². The molecule has 0 aliphatic carbocycles. The number of pyridine rings is 1. The number of primary amides is 1. The lowest BCUT2D eigenvalue weighted by atomic mass is 10.2. The van der Waals surface area contributed by atoms with Gasteiger partial charge in [0.05, 0.1) is 5.56 Å². The molecule has 5 nitrogen and oxygen atoms in total. The maximum absolute atomic E-state index is 12.7. The average Bonchev–Trinajstić information content (AvgIpc) is 2.65. The van der Waals surface area contributed by atoms with Crippen LogP contribution in [0, 0.1) is 13.8 Å². The van der Waals surface area contributed by atoms with E-state index in [0.717, 1.165) is 16.0 Å². The molecule has 1 heterocycles. The van der Waals surface area contributed by atoms with Crippen molar-refractivity contribution in [1.82, 2.24) is 4.98 Å². The van der Waals surface area contributed by atoms with E-state index in [-0.39, 0.29) is 5.91 Å². The van der Waals surface area contributed by atoms with Crippen LogP contribution in [-0.4, -0.2) is 16.8 Å². The number of anilines is 1. The lowest BCUT2D eigenvalue weighted by molar-refractivity contribution is 0.0998. The Kier molecular flexibility index (Phi) is 5.57. The number of aryl methyl sites for hydroxylation is 2. The van der Waals surface area contributed by atoms with Gasteiger partial charge in [-0.05, 0) is 67.4 Å². The van der Waals surface area contributed by atoms with E-state index in [1.54, 1.807) is 42.6 Å². The van der Waals surface area contributed by atoms with E-state index in [4.69, 9.17) is 5.73 Å². The molecule has 3 aromatic rings. The largest absolute Gasteiger partial charge is 0.366 e. The molecule has 3 N–H and O–H groups in total. The standard InChI is InChI=1S/C21H19N3O2S/c1-13-5-6-14(2)18(12-13)27-21-17(4-3-11-23-21)20(26)24-16-9-7-15(8-10-16)19(22)25/h3-12H,1-2H3,(H2,22,25)(H,24,26). The third kappa shape index (κ3) is 4.54. The molecule has 0 atom stereocenters. The summed E-state index contributed by atoms with van der Waals surface area (Å²) in [6.07, 6.45) is 1.67. The predicted octanol–water partition coefficient (Wildman–Crippen LogP) is 4.20. The second-order valence-electron chi connectivity index (χ2n) is 6.12. The number of nitrogens with two attached hydrogens (primary N) is 1. The predicted molar refractivity (Wildman–Crippen MR) is 107 cm³/mol. The van der Waals surface area contributed by atoms with Crippen molar-refractivity contribution in [1.29, 1.82) is 0 Å². The molecule has 0 aliphatic rings. The van der Waals surface area contributed by atoms with Crippen molar-refractivity contribution in [3.8, 4) is 0 Å². The Balaban J connectivity index is 1.83. The van der Waals surface area contributed by atoms with Crippen LogP contribution in [0.1, 0.15) is 31.8 Å². The summed E-state index contributed by atoms with van der Waals surface area (Å²) in [6.45, 7) is 4.07. The Bertz CT molecular complexity index is 1000. The number of carbonyl (C=O) groups is 2. The van der Waals surface area contributed by atoms with Gasteiger partial charge in [-0.15, -0.1) is 0 Å². The summed E-state index contributed by atoms with van der Waals surface area (Å²) >= 11 is 1.47. The summed E-state index contributed by atoms with van der Waals surface area (Å²) in [4.78, 5) is 29.3. The lowest BCUT2D eigenvalue weighted by Gasteiger charge is -2.11. The van der Waals surface area contributed by atoms with Crippen LogP contribution in [0.3, 0.4) is 0 Å². The van der Waals surface area contributed by atoms with E-state index in [1.807, 2.05) is 13.8 Å². The third-order valence-corrected chi connectivity index (χ3v) is 5.17. The first-order valence-corrected chi connectivity index (χ1v) is 9.17. The minimum atomic E-state index is -0.507. The van der Waals surface area contributed by atoms with Gasteiger partial charge < -0.3 is 11.1 Å². The number of hydrogen-bond donors (Lipinski definition) is 2. The van der Waals surface area contributed by atoms with Crippen LogP contribution in [0.4, 0.5) is 5.69 Å². The Morgan fingerprint density at radius 3 is 2.48 bits per heavy atom. The monoisotopic (exact) mass is 377 g/mol. The van der Waals surface area contributed by atoms with Gasteiger partial charge >= 0.3 is 0 Å². The van der Waals surface area contributed by atoms with Gasteiger partial charge in [-0.1, -0.05) is 23.9 Å². The Labute approximate surface area is 162 Å². The second kappa shape index (κ2) is 8.05. The number of amides is 2. The van der Waals surface area contributed by atoms with E-state index >= 15 is 0 Å². The van der Waals surface area contributed by atoms with Crippen molar-refractivity contribution in [2.45, 2.75) is 23.8 Å². The van der Waals surface area contributed by atoms with Crippen molar-refractivity contribution < 1.29 is 9.59 Å². The highest BCUT2D eigenvalue weighted by Crippen LogP contribution is 2.32. The smallest absolute Gasteiger partial charge is 0.258 e. The van der Waals surface area contributed by atoms with Gasteiger partial charge in [0.1, 0.15) is 5.03 Å². The van der Waals surface area contributed by atoms with Crippen LogP contribution in [-0.2, 0) is 0 Å². The van der Waals surface area contributed by atoms with Crippen molar-refractivity contribution in [3.05, 3.63) is 83.0 Å². The fraction of sp³-hybridized carbons (Fsp3) is 0.0952. The van der Waals surface area contributed by atoms with Crippen LogP contribution < -0.4 is 11.1 Å². The average molecular weight is 377 g/mol. The van der Waals surface area contributed by atoms with Crippen molar-refractivity contribution in [2.24, 2.45) is 5.73 Å². The number of rotatable bonds is 5. The van der Waals surface area contributed by atoms with Crippen molar-refractivity contribution in [2.75, 3.05) is 5.32 Å². The number of nitrogens with zero attached hydrogens (tertiary/aromatic N) is 1. The van der Waals surface area contributed by atoms with Gasteiger partial charge in [0.25, 0.3) is 5.91 Å². The molecular weight excluding hydrogens is 358 g/mol. The molecule has 0 spiro atoms. The summed E-state index contributed by atoms with van der Waals surface area (Å²) < 4.78 is 0. The summed E-state index contributed by atoms with van der Waals surface area (Å²) in [7, 11) is 0. The Morgan fingerprint density at radius 1 is 1.04 bits per heavy atom. The molecule has 2 amide bonds. The van der Waals surface area contributed by atoms with Crippen LogP contribution >= 0.6 is 11.8 Å². The first-order valence-electron chi connectivity index (χ1n) is 8.35. The van der Waals surface area contributed by atoms with E-state index in [2.05, 4.69) is 28.5 Å². The second-order valence-corrected chi connectivity index (χ2v) is 7.15. The molecular formula is C21H19N3O2S. The minimum Gasteiger partial charge on any atom is -0.366 e.